The molecule has 0 radical (unpaired) electrons. The second-order valence-corrected chi connectivity index (χ2v) is 5.16. The summed E-state index contributed by atoms with van der Waals surface area (Å²) in [4.78, 5) is 1.98. The first-order chi connectivity index (χ1) is 8.70. The lowest BCUT2D eigenvalue weighted by atomic mass is 9.89. The van der Waals surface area contributed by atoms with Gasteiger partial charge in [-0.25, -0.2) is 4.39 Å². The third-order valence-corrected chi connectivity index (χ3v) is 3.74. The summed E-state index contributed by atoms with van der Waals surface area (Å²) < 4.78 is 13.8. The van der Waals surface area contributed by atoms with Crippen LogP contribution in [0.2, 0.25) is 0 Å². The van der Waals surface area contributed by atoms with Gasteiger partial charge < -0.3 is 4.90 Å². The maximum absolute atomic E-state index is 13.8. The van der Waals surface area contributed by atoms with Crippen molar-refractivity contribution in [3.8, 4) is 6.07 Å². The molecular formula is C15H19FN2. The van der Waals surface area contributed by atoms with Crippen molar-refractivity contribution >= 4 is 5.69 Å². The summed E-state index contributed by atoms with van der Waals surface area (Å²) in [6.07, 6.45) is 6.44. The molecule has 1 saturated carbocycles. The second kappa shape index (κ2) is 5.86. The van der Waals surface area contributed by atoms with Gasteiger partial charge in [0.1, 0.15) is 5.82 Å². The first kappa shape index (κ1) is 12.9. The summed E-state index contributed by atoms with van der Waals surface area (Å²) in [5.41, 5.74) is 0.974. The van der Waals surface area contributed by atoms with Gasteiger partial charge in [0, 0.05) is 13.6 Å². The first-order valence-corrected chi connectivity index (χ1v) is 6.61. The van der Waals surface area contributed by atoms with Crippen molar-refractivity contribution in [2.75, 3.05) is 18.5 Å². The average molecular weight is 246 g/mol. The minimum Gasteiger partial charge on any atom is -0.372 e. The molecule has 0 unspecified atom stereocenters. The molecule has 2 rings (SSSR count). The van der Waals surface area contributed by atoms with E-state index in [9.17, 15) is 4.39 Å². The molecular weight excluding hydrogens is 227 g/mol. The Labute approximate surface area is 108 Å². The summed E-state index contributed by atoms with van der Waals surface area (Å²) in [6, 6.07) is 6.65. The molecule has 18 heavy (non-hydrogen) atoms. The third kappa shape index (κ3) is 3.01. The highest BCUT2D eigenvalue weighted by Gasteiger charge is 2.17. The highest BCUT2D eigenvalue weighted by Crippen LogP contribution is 2.27. The largest absolute Gasteiger partial charge is 0.372 e. The van der Waals surface area contributed by atoms with Crippen molar-refractivity contribution in [1.82, 2.24) is 0 Å². The molecule has 96 valence electrons. The standard InChI is InChI=1S/C15H19FN2/c1-18(11-12-5-3-2-4-6-12)15-8-7-13(10-17)9-14(15)16/h7-9,12H,2-6,11H2,1H3. The van der Waals surface area contributed by atoms with Crippen molar-refractivity contribution in [3.05, 3.63) is 29.6 Å². The first-order valence-electron chi connectivity index (χ1n) is 6.61. The fourth-order valence-electron chi connectivity index (χ4n) is 2.74. The normalized spacial score (nSPS) is 16.3. The summed E-state index contributed by atoms with van der Waals surface area (Å²) in [5.74, 6) is 0.381. The van der Waals surface area contributed by atoms with E-state index >= 15 is 0 Å². The Balaban J connectivity index is 2.04. The molecule has 1 aliphatic carbocycles. The van der Waals surface area contributed by atoms with Gasteiger partial charge in [-0.3, -0.25) is 0 Å². The topological polar surface area (TPSA) is 27.0 Å². The number of rotatable bonds is 3. The van der Waals surface area contributed by atoms with E-state index in [1.54, 1.807) is 12.1 Å². The molecule has 0 N–H and O–H groups in total. The van der Waals surface area contributed by atoms with Gasteiger partial charge >= 0.3 is 0 Å². The minimum absolute atomic E-state index is 0.299. The quantitative estimate of drug-likeness (QED) is 0.812. The third-order valence-electron chi connectivity index (χ3n) is 3.74. The van der Waals surface area contributed by atoms with E-state index in [-0.39, 0.29) is 5.82 Å². The van der Waals surface area contributed by atoms with Crippen LogP contribution < -0.4 is 4.90 Å². The summed E-state index contributed by atoms with van der Waals surface area (Å²) >= 11 is 0. The van der Waals surface area contributed by atoms with Crippen LogP contribution in [0, 0.1) is 23.1 Å². The van der Waals surface area contributed by atoms with Gasteiger partial charge in [-0.15, -0.1) is 0 Å². The molecule has 0 bridgehead atoms. The van der Waals surface area contributed by atoms with Gasteiger partial charge in [0.15, 0.2) is 0 Å². The number of nitrogens with zero attached hydrogens (tertiary/aromatic N) is 2. The molecule has 1 aromatic carbocycles. The summed E-state index contributed by atoms with van der Waals surface area (Å²) in [7, 11) is 1.93. The SMILES string of the molecule is CN(CC1CCCCC1)c1ccc(C#N)cc1F. The van der Waals surface area contributed by atoms with Gasteiger partial charge in [-0.05, 0) is 37.0 Å². The fraction of sp³-hybridized carbons (Fsp3) is 0.533. The number of anilines is 1. The molecule has 0 saturated heterocycles. The zero-order valence-corrected chi connectivity index (χ0v) is 10.8. The minimum atomic E-state index is -0.299. The lowest BCUT2D eigenvalue weighted by molar-refractivity contribution is 0.361. The van der Waals surface area contributed by atoms with E-state index in [4.69, 9.17) is 5.26 Å². The Hall–Kier alpha value is -1.56. The maximum Gasteiger partial charge on any atom is 0.147 e. The van der Waals surface area contributed by atoms with Crippen molar-refractivity contribution in [1.29, 1.82) is 5.26 Å². The Morgan fingerprint density at radius 3 is 2.67 bits per heavy atom. The zero-order chi connectivity index (χ0) is 13.0. The molecule has 1 aliphatic rings. The van der Waals surface area contributed by atoms with Crippen LogP contribution in [-0.4, -0.2) is 13.6 Å². The highest BCUT2D eigenvalue weighted by molar-refractivity contribution is 5.50. The molecule has 1 fully saturated rings. The predicted molar refractivity (Wildman–Crippen MR) is 71.0 cm³/mol. The summed E-state index contributed by atoms with van der Waals surface area (Å²) in [6.45, 7) is 0.906. The molecule has 1 aromatic rings. The fourth-order valence-corrected chi connectivity index (χ4v) is 2.74. The zero-order valence-electron chi connectivity index (χ0n) is 10.8. The average Bonchev–Trinajstić information content (AvgIpc) is 2.39. The monoisotopic (exact) mass is 246 g/mol. The van der Waals surface area contributed by atoms with Crippen LogP contribution >= 0.6 is 0 Å². The van der Waals surface area contributed by atoms with Gasteiger partial charge in [-0.2, -0.15) is 5.26 Å². The number of halogens is 1. The van der Waals surface area contributed by atoms with E-state index < -0.39 is 0 Å². The molecule has 0 spiro atoms. The molecule has 0 aromatic heterocycles. The van der Waals surface area contributed by atoms with Gasteiger partial charge in [0.25, 0.3) is 0 Å². The van der Waals surface area contributed by atoms with Gasteiger partial charge in [0.2, 0.25) is 0 Å². The molecule has 0 aliphatic heterocycles. The Morgan fingerprint density at radius 1 is 1.33 bits per heavy atom. The molecule has 0 amide bonds. The van der Waals surface area contributed by atoms with Crippen LogP contribution in [-0.2, 0) is 0 Å². The van der Waals surface area contributed by atoms with Crippen molar-refractivity contribution in [2.45, 2.75) is 32.1 Å². The Morgan fingerprint density at radius 2 is 2.06 bits per heavy atom. The van der Waals surface area contributed by atoms with Gasteiger partial charge in [0.05, 0.1) is 17.3 Å². The van der Waals surface area contributed by atoms with Crippen LogP contribution in [0.1, 0.15) is 37.7 Å². The van der Waals surface area contributed by atoms with E-state index in [2.05, 4.69) is 0 Å². The highest BCUT2D eigenvalue weighted by atomic mass is 19.1. The van der Waals surface area contributed by atoms with E-state index in [1.807, 2.05) is 18.0 Å². The van der Waals surface area contributed by atoms with Crippen LogP contribution in [0.15, 0.2) is 18.2 Å². The van der Waals surface area contributed by atoms with Crippen molar-refractivity contribution in [3.63, 3.8) is 0 Å². The predicted octanol–water partition coefficient (Wildman–Crippen LogP) is 3.71. The molecule has 3 heteroatoms. The second-order valence-electron chi connectivity index (χ2n) is 5.16. The number of hydrogen-bond donors (Lipinski definition) is 0. The van der Waals surface area contributed by atoms with Crippen LogP contribution in [0.4, 0.5) is 10.1 Å². The van der Waals surface area contributed by atoms with Gasteiger partial charge in [-0.1, -0.05) is 19.3 Å². The molecule has 2 nitrogen and oxygen atoms in total. The van der Waals surface area contributed by atoms with E-state index in [0.29, 0.717) is 17.2 Å². The Bertz CT molecular complexity index is 444. The molecule has 0 atom stereocenters. The van der Waals surface area contributed by atoms with Crippen molar-refractivity contribution < 1.29 is 4.39 Å². The van der Waals surface area contributed by atoms with Crippen LogP contribution in [0.5, 0.6) is 0 Å². The van der Waals surface area contributed by atoms with Crippen LogP contribution in [0.3, 0.4) is 0 Å². The van der Waals surface area contributed by atoms with E-state index in [0.717, 1.165) is 6.54 Å². The Kier molecular flexibility index (Phi) is 4.19. The lowest BCUT2D eigenvalue weighted by Gasteiger charge is -2.28. The summed E-state index contributed by atoms with van der Waals surface area (Å²) in [5, 5.41) is 8.72. The number of benzene rings is 1. The van der Waals surface area contributed by atoms with Crippen molar-refractivity contribution in [2.24, 2.45) is 5.92 Å². The number of hydrogen-bond acceptors (Lipinski definition) is 2. The van der Waals surface area contributed by atoms with Crippen LogP contribution in [0.25, 0.3) is 0 Å². The maximum atomic E-state index is 13.8. The van der Waals surface area contributed by atoms with E-state index in [1.165, 1.54) is 38.2 Å². The number of nitriles is 1. The molecule has 0 heterocycles. The lowest BCUT2D eigenvalue weighted by Crippen LogP contribution is -2.27. The smallest absolute Gasteiger partial charge is 0.147 e.